The van der Waals surface area contributed by atoms with Gasteiger partial charge in [-0.2, -0.15) is 5.10 Å². The van der Waals surface area contributed by atoms with Crippen molar-refractivity contribution in [2.45, 2.75) is 6.54 Å². The van der Waals surface area contributed by atoms with E-state index in [2.05, 4.69) is 10.4 Å². The molecular formula is C15H12N4O3S. The van der Waals surface area contributed by atoms with Gasteiger partial charge in [0, 0.05) is 24.4 Å². The fourth-order valence-corrected chi connectivity index (χ4v) is 2.73. The highest BCUT2D eigenvalue weighted by Crippen LogP contribution is 2.23. The molecule has 0 bridgehead atoms. The fraction of sp³-hybridized carbons (Fsp3) is 0.0667. The van der Waals surface area contributed by atoms with E-state index in [9.17, 15) is 14.9 Å². The Balaban J connectivity index is 1.63. The largest absolute Gasteiger partial charge is 0.347 e. The number of carbonyl (C=O) groups is 1. The highest BCUT2D eigenvalue weighted by Gasteiger charge is 2.15. The van der Waals surface area contributed by atoms with Gasteiger partial charge in [-0.3, -0.25) is 14.9 Å². The average Bonchev–Trinajstić information content (AvgIpc) is 3.23. The van der Waals surface area contributed by atoms with Crippen LogP contribution in [0.3, 0.4) is 0 Å². The number of nitro groups is 1. The van der Waals surface area contributed by atoms with Gasteiger partial charge in [0.15, 0.2) is 0 Å². The predicted molar refractivity (Wildman–Crippen MR) is 85.7 cm³/mol. The quantitative estimate of drug-likeness (QED) is 0.576. The third-order valence-electron chi connectivity index (χ3n) is 3.11. The van der Waals surface area contributed by atoms with Gasteiger partial charge in [0.05, 0.1) is 21.7 Å². The lowest BCUT2D eigenvalue weighted by Gasteiger charge is -2.01. The van der Waals surface area contributed by atoms with Crippen molar-refractivity contribution in [3.63, 3.8) is 0 Å². The Morgan fingerprint density at radius 1 is 1.26 bits per heavy atom. The van der Waals surface area contributed by atoms with Crippen LogP contribution in [0.15, 0.2) is 54.9 Å². The van der Waals surface area contributed by atoms with Crippen LogP contribution in [-0.4, -0.2) is 20.6 Å². The highest BCUT2D eigenvalue weighted by atomic mass is 32.1. The standard InChI is InChI=1S/C15H12N4O3S/c20-15(13-6-7-14(23-13)19(21)22)16-8-11-9-17-18(10-11)12-4-2-1-3-5-12/h1-7,9-10H,8H2,(H,16,20). The Hall–Kier alpha value is -3.00. The van der Waals surface area contributed by atoms with Gasteiger partial charge in [-0.25, -0.2) is 4.68 Å². The molecule has 8 heteroatoms. The minimum Gasteiger partial charge on any atom is -0.347 e. The molecule has 0 saturated carbocycles. The molecule has 2 aromatic heterocycles. The molecule has 0 spiro atoms. The SMILES string of the molecule is O=C(NCc1cnn(-c2ccccc2)c1)c1ccc([N+](=O)[O-])s1. The summed E-state index contributed by atoms with van der Waals surface area (Å²) in [5.41, 5.74) is 1.77. The van der Waals surface area contributed by atoms with Crippen molar-refractivity contribution in [1.82, 2.24) is 15.1 Å². The summed E-state index contributed by atoms with van der Waals surface area (Å²) in [5, 5.41) is 17.5. The molecule has 1 amide bonds. The summed E-state index contributed by atoms with van der Waals surface area (Å²) in [7, 11) is 0. The fourth-order valence-electron chi connectivity index (χ4n) is 1.99. The Morgan fingerprint density at radius 2 is 2.04 bits per heavy atom. The van der Waals surface area contributed by atoms with E-state index < -0.39 is 4.92 Å². The lowest BCUT2D eigenvalue weighted by Crippen LogP contribution is -2.21. The number of hydrogen-bond donors (Lipinski definition) is 1. The first-order chi connectivity index (χ1) is 11.1. The number of benzene rings is 1. The molecule has 3 aromatic rings. The Labute approximate surface area is 135 Å². The topological polar surface area (TPSA) is 90.1 Å². The minimum atomic E-state index is -0.509. The molecule has 1 N–H and O–H groups in total. The van der Waals surface area contributed by atoms with Crippen LogP contribution >= 0.6 is 11.3 Å². The van der Waals surface area contributed by atoms with Crippen LogP contribution in [0, 0.1) is 10.1 Å². The Kier molecular flexibility index (Phi) is 4.15. The Morgan fingerprint density at radius 3 is 2.74 bits per heavy atom. The first-order valence-corrected chi connectivity index (χ1v) is 7.56. The number of rotatable bonds is 5. The van der Waals surface area contributed by atoms with Crippen LogP contribution in [0.4, 0.5) is 5.00 Å². The summed E-state index contributed by atoms with van der Waals surface area (Å²) < 4.78 is 1.72. The van der Waals surface area contributed by atoms with Crippen molar-refractivity contribution in [2.24, 2.45) is 0 Å². The van der Waals surface area contributed by atoms with Crippen molar-refractivity contribution in [2.75, 3.05) is 0 Å². The highest BCUT2D eigenvalue weighted by molar-refractivity contribution is 7.17. The molecule has 116 valence electrons. The molecular weight excluding hydrogens is 316 g/mol. The lowest BCUT2D eigenvalue weighted by atomic mass is 10.3. The maximum atomic E-state index is 12.0. The van der Waals surface area contributed by atoms with E-state index in [0.29, 0.717) is 11.4 Å². The second kappa shape index (κ2) is 6.41. The number of amides is 1. The minimum absolute atomic E-state index is 0.0490. The zero-order valence-corrected chi connectivity index (χ0v) is 12.7. The maximum Gasteiger partial charge on any atom is 0.324 e. The summed E-state index contributed by atoms with van der Waals surface area (Å²) >= 11 is 0.854. The summed E-state index contributed by atoms with van der Waals surface area (Å²) in [6, 6.07) is 12.4. The van der Waals surface area contributed by atoms with Gasteiger partial charge in [0.2, 0.25) is 0 Å². The van der Waals surface area contributed by atoms with E-state index in [1.54, 1.807) is 10.9 Å². The molecule has 0 aliphatic heterocycles. The van der Waals surface area contributed by atoms with Crippen LogP contribution in [0.1, 0.15) is 15.2 Å². The Bertz CT molecular complexity index is 841. The van der Waals surface area contributed by atoms with Gasteiger partial charge in [-0.1, -0.05) is 29.5 Å². The van der Waals surface area contributed by atoms with Crippen LogP contribution < -0.4 is 5.32 Å². The van der Waals surface area contributed by atoms with Gasteiger partial charge in [-0.15, -0.1) is 0 Å². The number of aromatic nitrogens is 2. The normalized spacial score (nSPS) is 10.4. The molecule has 0 atom stereocenters. The number of thiophene rings is 1. The molecule has 2 heterocycles. The van der Waals surface area contributed by atoms with Crippen LogP contribution in [0.2, 0.25) is 0 Å². The zero-order chi connectivity index (χ0) is 16.2. The summed E-state index contributed by atoms with van der Waals surface area (Å²) in [5.74, 6) is -0.337. The molecule has 0 fully saturated rings. The van der Waals surface area contributed by atoms with Crippen molar-refractivity contribution in [3.05, 3.63) is 75.4 Å². The third kappa shape index (κ3) is 3.43. The lowest BCUT2D eigenvalue weighted by molar-refractivity contribution is -0.380. The second-order valence-electron chi connectivity index (χ2n) is 4.71. The van der Waals surface area contributed by atoms with E-state index in [4.69, 9.17) is 0 Å². The van der Waals surface area contributed by atoms with Gasteiger partial charge in [-0.05, 0) is 18.2 Å². The number of carbonyl (C=O) groups excluding carboxylic acids is 1. The average molecular weight is 328 g/mol. The van der Waals surface area contributed by atoms with Crippen molar-refractivity contribution >= 4 is 22.2 Å². The van der Waals surface area contributed by atoms with Gasteiger partial charge in [0.25, 0.3) is 5.91 Å². The van der Waals surface area contributed by atoms with E-state index in [1.807, 2.05) is 36.5 Å². The smallest absolute Gasteiger partial charge is 0.324 e. The van der Waals surface area contributed by atoms with E-state index >= 15 is 0 Å². The van der Waals surface area contributed by atoms with Crippen molar-refractivity contribution in [1.29, 1.82) is 0 Å². The number of para-hydroxylation sites is 1. The zero-order valence-electron chi connectivity index (χ0n) is 11.9. The summed E-state index contributed by atoms with van der Waals surface area (Å²) in [6.45, 7) is 0.303. The van der Waals surface area contributed by atoms with Crippen LogP contribution in [0.5, 0.6) is 0 Å². The van der Waals surface area contributed by atoms with E-state index in [-0.39, 0.29) is 10.9 Å². The molecule has 7 nitrogen and oxygen atoms in total. The summed E-state index contributed by atoms with van der Waals surface area (Å²) in [6.07, 6.45) is 3.50. The number of hydrogen-bond acceptors (Lipinski definition) is 5. The molecule has 23 heavy (non-hydrogen) atoms. The monoisotopic (exact) mass is 328 g/mol. The first-order valence-electron chi connectivity index (χ1n) is 6.75. The molecule has 0 radical (unpaired) electrons. The van der Waals surface area contributed by atoms with Gasteiger partial charge >= 0.3 is 5.00 Å². The summed E-state index contributed by atoms with van der Waals surface area (Å²) in [4.78, 5) is 22.4. The maximum absolute atomic E-state index is 12.0. The van der Waals surface area contributed by atoms with Crippen molar-refractivity contribution in [3.8, 4) is 5.69 Å². The molecule has 3 rings (SSSR count). The van der Waals surface area contributed by atoms with E-state index in [1.165, 1.54) is 12.1 Å². The third-order valence-corrected chi connectivity index (χ3v) is 4.14. The number of nitrogens with zero attached hydrogens (tertiary/aromatic N) is 3. The molecule has 0 aliphatic carbocycles. The van der Waals surface area contributed by atoms with Gasteiger partial charge < -0.3 is 5.32 Å². The molecule has 1 aromatic carbocycles. The molecule has 0 saturated heterocycles. The first kappa shape index (κ1) is 14.9. The van der Waals surface area contributed by atoms with E-state index in [0.717, 1.165) is 22.6 Å². The van der Waals surface area contributed by atoms with Gasteiger partial charge in [0.1, 0.15) is 0 Å². The number of nitrogens with one attached hydrogen (secondary N) is 1. The second-order valence-corrected chi connectivity index (χ2v) is 5.77. The van der Waals surface area contributed by atoms with Crippen LogP contribution in [-0.2, 0) is 6.54 Å². The predicted octanol–water partition coefficient (Wildman–Crippen LogP) is 2.77. The molecule has 0 aliphatic rings. The molecule has 0 unspecified atom stereocenters. The van der Waals surface area contributed by atoms with Crippen molar-refractivity contribution < 1.29 is 9.72 Å². The van der Waals surface area contributed by atoms with Crippen LogP contribution in [0.25, 0.3) is 5.69 Å².